The van der Waals surface area contributed by atoms with E-state index in [4.69, 9.17) is 0 Å². The zero-order valence-corrected chi connectivity index (χ0v) is 13.7. The van der Waals surface area contributed by atoms with Crippen LogP contribution in [0.25, 0.3) is 11.1 Å². The molecule has 0 unspecified atom stereocenters. The van der Waals surface area contributed by atoms with E-state index in [1.54, 1.807) is 0 Å². The number of nitrogens with zero attached hydrogens (tertiary/aromatic N) is 1. The maximum atomic E-state index is 4.28. The van der Waals surface area contributed by atoms with E-state index in [9.17, 15) is 0 Å². The molecule has 1 nitrogen and oxygen atoms in total. The summed E-state index contributed by atoms with van der Waals surface area (Å²) in [5, 5.41) is 0. The standard InChI is InChI=1S/C20H27N/c1-6-11-21(12-7-2)17-9-10-19-18(8-3)15(4)13-16(5)20(19)14-17/h8-10,14H,3,5-7,11-13H2,1-2,4H3. The lowest BCUT2D eigenvalue weighted by molar-refractivity contribution is 0.745. The molecule has 0 aromatic heterocycles. The van der Waals surface area contributed by atoms with Gasteiger partial charge in [-0.2, -0.15) is 0 Å². The van der Waals surface area contributed by atoms with Gasteiger partial charge in [0, 0.05) is 18.8 Å². The number of hydrogen-bond donors (Lipinski definition) is 0. The van der Waals surface area contributed by atoms with Crippen LogP contribution in [-0.4, -0.2) is 13.1 Å². The fourth-order valence-corrected chi connectivity index (χ4v) is 3.19. The molecule has 0 heterocycles. The van der Waals surface area contributed by atoms with Crippen LogP contribution in [0.15, 0.2) is 43.0 Å². The summed E-state index contributed by atoms with van der Waals surface area (Å²) < 4.78 is 0. The molecule has 0 radical (unpaired) electrons. The molecule has 1 aromatic carbocycles. The Morgan fingerprint density at radius 1 is 1.14 bits per heavy atom. The Morgan fingerprint density at radius 2 is 1.81 bits per heavy atom. The maximum absolute atomic E-state index is 4.28. The summed E-state index contributed by atoms with van der Waals surface area (Å²) in [6, 6.07) is 6.81. The molecule has 1 heteroatoms. The summed E-state index contributed by atoms with van der Waals surface area (Å²) in [5.41, 5.74) is 7.78. The molecule has 112 valence electrons. The van der Waals surface area contributed by atoms with Gasteiger partial charge in [0.2, 0.25) is 0 Å². The van der Waals surface area contributed by atoms with E-state index in [0.29, 0.717) is 0 Å². The van der Waals surface area contributed by atoms with Crippen LogP contribution in [0.4, 0.5) is 5.69 Å². The first-order valence-electron chi connectivity index (χ1n) is 8.02. The first kappa shape index (κ1) is 15.6. The number of hydrogen-bond acceptors (Lipinski definition) is 1. The van der Waals surface area contributed by atoms with Gasteiger partial charge in [0.1, 0.15) is 0 Å². The van der Waals surface area contributed by atoms with Gasteiger partial charge in [-0.1, -0.05) is 44.7 Å². The van der Waals surface area contributed by atoms with Gasteiger partial charge in [-0.15, -0.1) is 0 Å². The minimum Gasteiger partial charge on any atom is -0.372 e. The monoisotopic (exact) mass is 281 g/mol. The number of fused-ring (bicyclic) bond motifs is 1. The highest BCUT2D eigenvalue weighted by Crippen LogP contribution is 2.39. The predicted molar refractivity (Wildman–Crippen MR) is 95.7 cm³/mol. The number of allylic oxidation sites excluding steroid dienone is 4. The zero-order valence-electron chi connectivity index (χ0n) is 13.7. The minimum absolute atomic E-state index is 0.958. The van der Waals surface area contributed by atoms with Crippen molar-refractivity contribution >= 4 is 16.8 Å². The Bertz CT molecular complexity index is 572. The van der Waals surface area contributed by atoms with E-state index in [2.05, 4.69) is 57.0 Å². The molecule has 1 aliphatic carbocycles. The van der Waals surface area contributed by atoms with Gasteiger partial charge in [-0.25, -0.2) is 0 Å². The molecule has 0 spiro atoms. The van der Waals surface area contributed by atoms with E-state index >= 15 is 0 Å². The highest BCUT2D eigenvalue weighted by molar-refractivity contribution is 5.90. The molecular formula is C20H27N. The average Bonchev–Trinajstić information content (AvgIpc) is 2.47. The Morgan fingerprint density at radius 3 is 2.38 bits per heavy atom. The molecule has 0 fully saturated rings. The van der Waals surface area contributed by atoms with Crippen molar-refractivity contribution in [1.82, 2.24) is 0 Å². The molecule has 0 aliphatic heterocycles. The summed E-state index contributed by atoms with van der Waals surface area (Å²) in [5.74, 6) is 0. The van der Waals surface area contributed by atoms with Crippen molar-refractivity contribution < 1.29 is 0 Å². The first-order chi connectivity index (χ1) is 10.1. The van der Waals surface area contributed by atoms with Crippen molar-refractivity contribution in [3.8, 4) is 0 Å². The van der Waals surface area contributed by atoms with Gasteiger partial charge < -0.3 is 4.90 Å². The summed E-state index contributed by atoms with van der Waals surface area (Å²) in [7, 11) is 0. The van der Waals surface area contributed by atoms with Gasteiger partial charge in [-0.05, 0) is 60.6 Å². The summed E-state index contributed by atoms with van der Waals surface area (Å²) in [4.78, 5) is 2.48. The van der Waals surface area contributed by atoms with E-state index in [1.165, 1.54) is 46.4 Å². The molecular weight excluding hydrogens is 254 g/mol. The van der Waals surface area contributed by atoms with Crippen molar-refractivity contribution in [2.24, 2.45) is 0 Å². The molecule has 2 rings (SSSR count). The first-order valence-corrected chi connectivity index (χ1v) is 8.02. The molecule has 0 N–H and O–H groups in total. The maximum Gasteiger partial charge on any atom is 0.0372 e. The summed E-state index contributed by atoms with van der Waals surface area (Å²) in [6.07, 6.45) is 5.29. The van der Waals surface area contributed by atoms with Crippen molar-refractivity contribution in [3.63, 3.8) is 0 Å². The lowest BCUT2D eigenvalue weighted by Crippen LogP contribution is -2.25. The third kappa shape index (κ3) is 3.12. The van der Waals surface area contributed by atoms with E-state index in [-0.39, 0.29) is 0 Å². The quantitative estimate of drug-likeness (QED) is 0.647. The fraction of sp³-hybridized carbons (Fsp3) is 0.400. The third-order valence-electron chi connectivity index (χ3n) is 4.17. The molecule has 0 amide bonds. The summed E-state index contributed by atoms with van der Waals surface area (Å²) >= 11 is 0. The van der Waals surface area contributed by atoms with Crippen LogP contribution in [-0.2, 0) is 0 Å². The number of benzene rings is 1. The van der Waals surface area contributed by atoms with Gasteiger partial charge >= 0.3 is 0 Å². The number of rotatable bonds is 6. The fourth-order valence-electron chi connectivity index (χ4n) is 3.19. The predicted octanol–water partition coefficient (Wildman–Crippen LogP) is 5.69. The number of anilines is 1. The molecule has 0 saturated carbocycles. The van der Waals surface area contributed by atoms with Gasteiger partial charge in [0.05, 0.1) is 0 Å². The van der Waals surface area contributed by atoms with Gasteiger partial charge in [0.15, 0.2) is 0 Å². The molecule has 1 aliphatic rings. The molecule has 0 bridgehead atoms. The second kappa shape index (κ2) is 6.80. The molecule has 0 saturated heterocycles. The van der Waals surface area contributed by atoms with Crippen LogP contribution >= 0.6 is 0 Å². The van der Waals surface area contributed by atoms with E-state index in [1.807, 2.05) is 6.08 Å². The third-order valence-corrected chi connectivity index (χ3v) is 4.17. The molecule has 1 aromatic rings. The lowest BCUT2D eigenvalue weighted by Gasteiger charge is -2.27. The van der Waals surface area contributed by atoms with Crippen LogP contribution in [0.3, 0.4) is 0 Å². The lowest BCUT2D eigenvalue weighted by atomic mass is 9.83. The Balaban J connectivity index is 2.45. The minimum atomic E-state index is 0.958. The highest BCUT2D eigenvalue weighted by Gasteiger charge is 2.18. The largest absolute Gasteiger partial charge is 0.372 e. The van der Waals surface area contributed by atoms with Crippen LogP contribution < -0.4 is 4.90 Å². The second-order valence-electron chi connectivity index (χ2n) is 5.90. The van der Waals surface area contributed by atoms with Gasteiger partial charge in [-0.3, -0.25) is 0 Å². The van der Waals surface area contributed by atoms with Crippen molar-refractivity contribution in [2.45, 2.75) is 40.0 Å². The smallest absolute Gasteiger partial charge is 0.0372 e. The topological polar surface area (TPSA) is 3.24 Å². The zero-order chi connectivity index (χ0) is 15.4. The molecule has 0 atom stereocenters. The molecule has 21 heavy (non-hydrogen) atoms. The van der Waals surface area contributed by atoms with Crippen LogP contribution in [0.5, 0.6) is 0 Å². The van der Waals surface area contributed by atoms with Crippen molar-refractivity contribution in [2.75, 3.05) is 18.0 Å². The Kier molecular flexibility index (Phi) is 5.06. The van der Waals surface area contributed by atoms with Crippen LogP contribution in [0, 0.1) is 0 Å². The normalized spacial score (nSPS) is 14.1. The Labute approximate surface area is 129 Å². The van der Waals surface area contributed by atoms with Crippen LogP contribution in [0.2, 0.25) is 0 Å². The highest BCUT2D eigenvalue weighted by atomic mass is 15.1. The average molecular weight is 281 g/mol. The van der Waals surface area contributed by atoms with E-state index in [0.717, 1.165) is 19.5 Å². The van der Waals surface area contributed by atoms with Gasteiger partial charge in [0.25, 0.3) is 0 Å². The van der Waals surface area contributed by atoms with Crippen molar-refractivity contribution in [3.05, 3.63) is 54.1 Å². The Hall–Kier alpha value is -1.76. The van der Waals surface area contributed by atoms with Crippen LogP contribution in [0.1, 0.15) is 51.2 Å². The summed E-state index contributed by atoms with van der Waals surface area (Å²) in [6.45, 7) is 17.1. The second-order valence-corrected chi connectivity index (χ2v) is 5.90. The van der Waals surface area contributed by atoms with E-state index < -0.39 is 0 Å². The SMILES string of the molecule is C=CC1=C(C)CC(=C)c2cc(N(CCC)CCC)ccc21. The van der Waals surface area contributed by atoms with Crippen molar-refractivity contribution in [1.29, 1.82) is 0 Å².